The molecule has 0 radical (unpaired) electrons. The van der Waals surface area contributed by atoms with Crippen molar-refractivity contribution in [2.75, 3.05) is 6.23 Å². The topological polar surface area (TPSA) is 35.5 Å². The molecule has 82 valence electrons. The number of carbonyl (C=O) groups is 1. The van der Waals surface area contributed by atoms with E-state index in [1.165, 1.54) is 6.08 Å². The predicted octanol–water partition coefficient (Wildman–Crippen LogP) is 2.28. The highest BCUT2D eigenvalue weighted by Crippen LogP contribution is 2.16. The van der Waals surface area contributed by atoms with Crippen LogP contribution in [0.1, 0.15) is 20.8 Å². The standard InChI is InChI=1S/C10H20O3Si/c1-7-9(11)12-8-14(5,6)13-10(2,3)4/h7H,1,8H2,2-6H3. The Morgan fingerprint density at radius 3 is 2.29 bits per heavy atom. The summed E-state index contributed by atoms with van der Waals surface area (Å²) in [5.74, 6) is -0.386. The zero-order chi connectivity index (χ0) is 11.4. The van der Waals surface area contributed by atoms with Crippen LogP contribution < -0.4 is 0 Å². The van der Waals surface area contributed by atoms with Crippen molar-refractivity contribution in [1.29, 1.82) is 0 Å². The zero-order valence-corrected chi connectivity index (χ0v) is 10.7. The van der Waals surface area contributed by atoms with Crippen LogP contribution in [-0.4, -0.2) is 26.1 Å². The van der Waals surface area contributed by atoms with Crippen LogP contribution in [0.2, 0.25) is 13.1 Å². The van der Waals surface area contributed by atoms with E-state index >= 15 is 0 Å². The van der Waals surface area contributed by atoms with Gasteiger partial charge in [0.25, 0.3) is 0 Å². The molecule has 14 heavy (non-hydrogen) atoms. The second-order valence-corrected chi connectivity index (χ2v) is 8.80. The molecule has 3 nitrogen and oxygen atoms in total. The van der Waals surface area contributed by atoms with Gasteiger partial charge in [0.05, 0.1) is 0 Å². The first kappa shape index (κ1) is 13.4. The average molecular weight is 216 g/mol. The Hall–Kier alpha value is -0.613. The van der Waals surface area contributed by atoms with Gasteiger partial charge in [-0.2, -0.15) is 0 Å². The molecule has 0 spiro atoms. The van der Waals surface area contributed by atoms with Gasteiger partial charge in [0.2, 0.25) is 8.32 Å². The Morgan fingerprint density at radius 1 is 1.43 bits per heavy atom. The molecule has 0 saturated heterocycles. The van der Waals surface area contributed by atoms with Crippen molar-refractivity contribution in [3.05, 3.63) is 12.7 Å². The minimum atomic E-state index is -1.91. The predicted molar refractivity (Wildman–Crippen MR) is 59.5 cm³/mol. The third-order valence-corrected chi connectivity index (χ3v) is 3.32. The van der Waals surface area contributed by atoms with Crippen molar-refractivity contribution in [3.63, 3.8) is 0 Å². The van der Waals surface area contributed by atoms with E-state index in [-0.39, 0.29) is 11.6 Å². The summed E-state index contributed by atoms with van der Waals surface area (Å²) >= 11 is 0. The molecule has 0 aliphatic heterocycles. The molecule has 0 amide bonds. The number of hydrogen-bond acceptors (Lipinski definition) is 3. The lowest BCUT2D eigenvalue weighted by atomic mass is 10.2. The fourth-order valence-electron chi connectivity index (χ4n) is 1.16. The van der Waals surface area contributed by atoms with E-state index in [4.69, 9.17) is 9.16 Å². The maximum atomic E-state index is 10.9. The molecule has 0 atom stereocenters. The largest absolute Gasteiger partial charge is 0.463 e. The van der Waals surface area contributed by atoms with Gasteiger partial charge in [-0.05, 0) is 33.9 Å². The third-order valence-electron chi connectivity index (χ3n) is 1.31. The van der Waals surface area contributed by atoms with Crippen molar-refractivity contribution in [3.8, 4) is 0 Å². The summed E-state index contributed by atoms with van der Waals surface area (Å²) in [5, 5.41) is 0. The maximum absolute atomic E-state index is 10.9. The third kappa shape index (κ3) is 6.86. The van der Waals surface area contributed by atoms with E-state index in [0.717, 1.165) is 0 Å². The van der Waals surface area contributed by atoms with Gasteiger partial charge in [-0.1, -0.05) is 6.58 Å². The maximum Gasteiger partial charge on any atom is 0.329 e. The quantitative estimate of drug-likeness (QED) is 0.411. The van der Waals surface area contributed by atoms with E-state index in [1.807, 2.05) is 33.9 Å². The number of ether oxygens (including phenoxy) is 1. The van der Waals surface area contributed by atoms with E-state index < -0.39 is 8.32 Å². The molecule has 0 fully saturated rings. The molecular formula is C10H20O3Si. The van der Waals surface area contributed by atoms with Crippen LogP contribution in [0.3, 0.4) is 0 Å². The monoisotopic (exact) mass is 216 g/mol. The molecule has 0 aromatic carbocycles. The molecular weight excluding hydrogens is 196 g/mol. The van der Waals surface area contributed by atoms with Gasteiger partial charge >= 0.3 is 5.97 Å². The number of esters is 1. The molecule has 0 rings (SSSR count). The smallest absolute Gasteiger partial charge is 0.329 e. The Morgan fingerprint density at radius 2 is 1.93 bits per heavy atom. The molecule has 0 bridgehead atoms. The Kier molecular flexibility index (Phi) is 4.54. The van der Waals surface area contributed by atoms with E-state index in [9.17, 15) is 4.79 Å². The van der Waals surface area contributed by atoms with Crippen LogP contribution in [0.5, 0.6) is 0 Å². The van der Waals surface area contributed by atoms with Gasteiger partial charge in [0.15, 0.2) is 0 Å². The first-order valence-electron chi connectivity index (χ1n) is 4.66. The SMILES string of the molecule is C=CC(=O)OC[Si](C)(C)OC(C)(C)C. The Bertz CT molecular complexity index is 216. The number of hydrogen-bond donors (Lipinski definition) is 0. The molecule has 0 aliphatic rings. The van der Waals surface area contributed by atoms with Crippen molar-refractivity contribution >= 4 is 14.3 Å². The fourth-order valence-corrected chi connectivity index (χ4v) is 3.37. The highest BCUT2D eigenvalue weighted by atomic mass is 28.4. The lowest BCUT2D eigenvalue weighted by Gasteiger charge is -2.31. The average Bonchev–Trinajstić information content (AvgIpc) is 1.96. The highest BCUT2D eigenvalue weighted by Gasteiger charge is 2.29. The molecule has 0 N–H and O–H groups in total. The van der Waals surface area contributed by atoms with E-state index in [1.54, 1.807) is 0 Å². The van der Waals surface area contributed by atoms with E-state index in [2.05, 4.69) is 6.58 Å². The van der Waals surface area contributed by atoms with Crippen LogP contribution in [0.25, 0.3) is 0 Å². The van der Waals surface area contributed by atoms with Gasteiger partial charge in [-0.25, -0.2) is 4.79 Å². The zero-order valence-electron chi connectivity index (χ0n) is 9.72. The summed E-state index contributed by atoms with van der Waals surface area (Å²) in [6.45, 7) is 13.4. The lowest BCUT2D eigenvalue weighted by Crippen LogP contribution is -2.44. The Labute approximate surface area is 87.2 Å². The van der Waals surface area contributed by atoms with Crippen molar-refractivity contribution in [1.82, 2.24) is 0 Å². The highest BCUT2D eigenvalue weighted by molar-refractivity contribution is 6.71. The minimum Gasteiger partial charge on any atom is -0.463 e. The molecule has 4 heteroatoms. The molecule has 0 saturated carbocycles. The van der Waals surface area contributed by atoms with Gasteiger partial charge in [0, 0.05) is 11.7 Å². The number of carbonyl (C=O) groups excluding carboxylic acids is 1. The fraction of sp³-hybridized carbons (Fsp3) is 0.700. The van der Waals surface area contributed by atoms with E-state index in [0.29, 0.717) is 6.23 Å². The molecule has 0 aromatic rings. The van der Waals surface area contributed by atoms with Gasteiger partial charge in [-0.3, -0.25) is 0 Å². The molecule has 0 aromatic heterocycles. The van der Waals surface area contributed by atoms with Crippen LogP contribution in [0.4, 0.5) is 0 Å². The molecule has 0 unspecified atom stereocenters. The van der Waals surface area contributed by atoms with Crippen LogP contribution in [0, 0.1) is 0 Å². The molecule has 0 aliphatic carbocycles. The van der Waals surface area contributed by atoms with Crippen LogP contribution in [-0.2, 0) is 14.0 Å². The van der Waals surface area contributed by atoms with Gasteiger partial charge in [-0.15, -0.1) is 0 Å². The first-order chi connectivity index (χ1) is 6.16. The van der Waals surface area contributed by atoms with Gasteiger partial charge in [0.1, 0.15) is 6.23 Å². The summed E-state index contributed by atoms with van der Waals surface area (Å²) < 4.78 is 10.8. The van der Waals surface area contributed by atoms with Crippen molar-refractivity contribution in [2.24, 2.45) is 0 Å². The Balaban J connectivity index is 4.08. The summed E-state index contributed by atoms with van der Waals surface area (Å²) in [5.41, 5.74) is -0.184. The summed E-state index contributed by atoms with van der Waals surface area (Å²) in [7, 11) is -1.91. The minimum absolute atomic E-state index is 0.184. The van der Waals surface area contributed by atoms with Gasteiger partial charge < -0.3 is 9.16 Å². The van der Waals surface area contributed by atoms with Crippen LogP contribution >= 0.6 is 0 Å². The second-order valence-electron chi connectivity index (χ2n) is 4.79. The summed E-state index contributed by atoms with van der Waals surface area (Å²) in [6, 6.07) is 0. The second kappa shape index (κ2) is 4.75. The first-order valence-corrected chi connectivity index (χ1v) is 7.77. The normalized spacial score (nSPS) is 12.4. The molecule has 0 heterocycles. The van der Waals surface area contributed by atoms with Crippen LogP contribution in [0.15, 0.2) is 12.7 Å². The lowest BCUT2D eigenvalue weighted by molar-refractivity contribution is -0.136. The van der Waals surface area contributed by atoms with Crippen molar-refractivity contribution in [2.45, 2.75) is 39.5 Å². The summed E-state index contributed by atoms with van der Waals surface area (Å²) in [4.78, 5) is 10.9. The van der Waals surface area contributed by atoms with Crippen molar-refractivity contribution < 1.29 is 14.0 Å². The number of rotatable bonds is 4. The summed E-state index contributed by atoms with van der Waals surface area (Å²) in [6.07, 6.45) is 1.54.